The Kier molecular flexibility index (Phi) is 3.89. The molecule has 1 heterocycles. The number of nitrogens with one attached hydrogen (secondary N) is 1. The second-order valence-electron chi connectivity index (χ2n) is 6.26. The van der Waals surface area contributed by atoms with Crippen molar-refractivity contribution in [3.05, 3.63) is 29.6 Å². The van der Waals surface area contributed by atoms with Crippen LogP contribution in [0.4, 0.5) is 14.9 Å². The Hall–Kier alpha value is -2.11. The largest absolute Gasteiger partial charge is 0.480 e. The number of amides is 2. The van der Waals surface area contributed by atoms with E-state index in [0.29, 0.717) is 18.7 Å². The molecule has 0 fully saturated rings. The molecule has 0 radical (unpaired) electrons. The maximum absolute atomic E-state index is 13.3. The quantitative estimate of drug-likeness (QED) is 0.880. The van der Waals surface area contributed by atoms with E-state index in [-0.39, 0.29) is 0 Å². The molecule has 1 aromatic rings. The van der Waals surface area contributed by atoms with E-state index in [1.54, 1.807) is 26.8 Å². The van der Waals surface area contributed by atoms with Crippen molar-refractivity contribution >= 4 is 17.7 Å². The molecule has 0 spiro atoms. The van der Waals surface area contributed by atoms with Gasteiger partial charge < -0.3 is 10.4 Å². The Balaban J connectivity index is 2.19. The molecule has 1 atom stereocenters. The molecule has 1 aliphatic heterocycles. The summed E-state index contributed by atoms with van der Waals surface area (Å²) >= 11 is 0. The van der Waals surface area contributed by atoms with E-state index in [1.807, 2.05) is 0 Å². The van der Waals surface area contributed by atoms with Crippen molar-refractivity contribution < 1.29 is 19.1 Å². The zero-order valence-electron chi connectivity index (χ0n) is 12.3. The van der Waals surface area contributed by atoms with Gasteiger partial charge in [0.15, 0.2) is 0 Å². The summed E-state index contributed by atoms with van der Waals surface area (Å²) in [6.45, 7) is 5.64. The van der Waals surface area contributed by atoms with Gasteiger partial charge in [0.1, 0.15) is 11.9 Å². The Labute approximate surface area is 122 Å². The van der Waals surface area contributed by atoms with E-state index >= 15 is 0 Å². The van der Waals surface area contributed by atoms with Gasteiger partial charge in [-0.05, 0) is 29.5 Å². The number of carboxylic acids is 1. The highest BCUT2D eigenvalue weighted by atomic mass is 19.1. The first-order valence-electron chi connectivity index (χ1n) is 6.79. The van der Waals surface area contributed by atoms with Crippen LogP contribution in [-0.4, -0.2) is 29.7 Å². The molecule has 0 saturated heterocycles. The smallest absolute Gasteiger partial charge is 0.326 e. The third-order valence-electron chi connectivity index (χ3n) is 3.57. The molecular weight excluding hydrogens is 275 g/mol. The van der Waals surface area contributed by atoms with Crippen LogP contribution < -0.4 is 10.2 Å². The molecule has 114 valence electrons. The topological polar surface area (TPSA) is 69.6 Å². The number of carbonyl (C=O) groups excluding carboxylic acids is 1. The van der Waals surface area contributed by atoms with Crippen LogP contribution >= 0.6 is 0 Å². The average molecular weight is 294 g/mol. The molecule has 2 amide bonds. The third kappa shape index (κ3) is 3.15. The minimum atomic E-state index is -1.09. The number of urea groups is 1. The molecule has 21 heavy (non-hydrogen) atoms. The fraction of sp³-hybridized carbons (Fsp3) is 0.467. The van der Waals surface area contributed by atoms with Crippen molar-refractivity contribution in [1.29, 1.82) is 0 Å². The van der Waals surface area contributed by atoms with Crippen LogP contribution in [0, 0.1) is 11.2 Å². The first-order chi connectivity index (χ1) is 9.70. The summed E-state index contributed by atoms with van der Waals surface area (Å²) in [5.41, 5.74) is 0.770. The van der Waals surface area contributed by atoms with E-state index < -0.39 is 29.3 Å². The van der Waals surface area contributed by atoms with E-state index in [9.17, 15) is 19.1 Å². The summed E-state index contributed by atoms with van der Waals surface area (Å²) in [6, 6.07) is 2.78. The highest BCUT2D eigenvalue weighted by Gasteiger charge is 2.35. The summed E-state index contributed by atoms with van der Waals surface area (Å²) < 4.78 is 13.3. The SMILES string of the molecule is CC(C)(C)[C@H](NC(=O)N1CCc2ccc(F)cc21)C(=O)O. The number of rotatable bonds is 2. The number of benzene rings is 1. The molecule has 1 aromatic carbocycles. The van der Waals surface area contributed by atoms with Gasteiger partial charge in [0, 0.05) is 6.54 Å². The van der Waals surface area contributed by atoms with Gasteiger partial charge >= 0.3 is 12.0 Å². The summed E-state index contributed by atoms with van der Waals surface area (Å²) in [6.07, 6.45) is 0.635. The molecule has 0 unspecified atom stereocenters. The van der Waals surface area contributed by atoms with E-state index in [1.165, 1.54) is 17.0 Å². The van der Waals surface area contributed by atoms with Crippen LogP contribution in [0.1, 0.15) is 26.3 Å². The lowest BCUT2D eigenvalue weighted by Crippen LogP contribution is -2.53. The van der Waals surface area contributed by atoms with Gasteiger partial charge in [-0.1, -0.05) is 26.8 Å². The maximum atomic E-state index is 13.3. The predicted molar refractivity (Wildman–Crippen MR) is 76.9 cm³/mol. The van der Waals surface area contributed by atoms with Gasteiger partial charge in [-0.3, -0.25) is 4.90 Å². The zero-order chi connectivity index (χ0) is 15.8. The van der Waals surface area contributed by atoms with Crippen LogP contribution in [0.15, 0.2) is 18.2 Å². The first-order valence-corrected chi connectivity index (χ1v) is 6.79. The number of anilines is 1. The van der Waals surface area contributed by atoms with Crippen molar-refractivity contribution in [3.8, 4) is 0 Å². The van der Waals surface area contributed by atoms with Crippen LogP contribution in [0.5, 0.6) is 0 Å². The van der Waals surface area contributed by atoms with Gasteiger partial charge in [0.05, 0.1) is 5.69 Å². The summed E-state index contributed by atoms with van der Waals surface area (Å²) in [7, 11) is 0. The van der Waals surface area contributed by atoms with Crippen LogP contribution in [0.2, 0.25) is 0 Å². The zero-order valence-corrected chi connectivity index (χ0v) is 12.3. The minimum Gasteiger partial charge on any atom is -0.480 e. The van der Waals surface area contributed by atoms with Gasteiger partial charge in [0.2, 0.25) is 0 Å². The number of fused-ring (bicyclic) bond motifs is 1. The Morgan fingerprint density at radius 3 is 2.62 bits per heavy atom. The molecule has 2 rings (SSSR count). The van der Waals surface area contributed by atoms with Gasteiger partial charge in [0.25, 0.3) is 0 Å². The lowest BCUT2D eigenvalue weighted by Gasteiger charge is -2.29. The van der Waals surface area contributed by atoms with Crippen LogP contribution in [-0.2, 0) is 11.2 Å². The van der Waals surface area contributed by atoms with E-state index in [0.717, 1.165) is 5.56 Å². The highest BCUT2D eigenvalue weighted by molar-refractivity contribution is 5.96. The molecule has 1 aliphatic rings. The Morgan fingerprint density at radius 2 is 2.05 bits per heavy atom. The second-order valence-corrected chi connectivity index (χ2v) is 6.26. The van der Waals surface area contributed by atoms with Crippen molar-refractivity contribution in [1.82, 2.24) is 5.32 Å². The van der Waals surface area contributed by atoms with Crippen LogP contribution in [0.3, 0.4) is 0 Å². The number of nitrogens with zero attached hydrogens (tertiary/aromatic N) is 1. The Bertz CT molecular complexity index is 581. The number of hydrogen-bond acceptors (Lipinski definition) is 2. The predicted octanol–water partition coefficient (Wildman–Crippen LogP) is 2.40. The number of carboxylic acid groups (broad SMARTS) is 1. The van der Waals surface area contributed by atoms with Crippen molar-refractivity contribution in [2.24, 2.45) is 5.41 Å². The second kappa shape index (κ2) is 5.35. The highest BCUT2D eigenvalue weighted by Crippen LogP contribution is 2.29. The third-order valence-corrected chi connectivity index (χ3v) is 3.57. The van der Waals surface area contributed by atoms with Crippen LogP contribution in [0.25, 0.3) is 0 Å². The minimum absolute atomic E-state index is 0.418. The van der Waals surface area contributed by atoms with Gasteiger partial charge in [-0.15, -0.1) is 0 Å². The maximum Gasteiger partial charge on any atom is 0.326 e. The standard InChI is InChI=1S/C15H19FN2O3/c1-15(2,3)12(13(19)20)17-14(21)18-7-6-9-4-5-10(16)8-11(9)18/h4-5,8,12H,6-7H2,1-3H3,(H,17,21)(H,19,20)/t12-/m1/s1. The van der Waals surface area contributed by atoms with E-state index in [2.05, 4.69) is 5.32 Å². The molecule has 0 saturated carbocycles. The van der Waals surface area contributed by atoms with E-state index in [4.69, 9.17) is 0 Å². The Morgan fingerprint density at radius 1 is 1.38 bits per heavy atom. The fourth-order valence-electron chi connectivity index (χ4n) is 2.41. The summed E-state index contributed by atoms with van der Waals surface area (Å²) in [5, 5.41) is 11.8. The summed E-state index contributed by atoms with van der Waals surface area (Å²) in [5.74, 6) is -1.51. The van der Waals surface area contributed by atoms with Crippen molar-refractivity contribution in [2.75, 3.05) is 11.4 Å². The monoisotopic (exact) mass is 294 g/mol. The van der Waals surface area contributed by atoms with Gasteiger partial charge in [-0.25, -0.2) is 14.0 Å². The van der Waals surface area contributed by atoms with Crippen molar-refractivity contribution in [3.63, 3.8) is 0 Å². The fourth-order valence-corrected chi connectivity index (χ4v) is 2.41. The molecule has 6 heteroatoms. The lowest BCUT2D eigenvalue weighted by molar-refractivity contribution is -0.141. The average Bonchev–Trinajstić information content (AvgIpc) is 2.76. The number of carbonyl (C=O) groups is 2. The van der Waals surface area contributed by atoms with Gasteiger partial charge in [-0.2, -0.15) is 0 Å². The number of halogens is 1. The molecule has 5 nitrogen and oxygen atoms in total. The molecule has 0 aromatic heterocycles. The molecule has 0 bridgehead atoms. The molecular formula is C15H19FN2O3. The lowest BCUT2D eigenvalue weighted by atomic mass is 9.87. The molecule has 0 aliphatic carbocycles. The first kappa shape index (κ1) is 15.3. The number of aliphatic carboxylic acids is 1. The van der Waals surface area contributed by atoms with Crippen molar-refractivity contribution in [2.45, 2.75) is 33.2 Å². The number of hydrogen-bond donors (Lipinski definition) is 2. The normalized spacial score (nSPS) is 15.5. The molecule has 2 N–H and O–H groups in total. The summed E-state index contributed by atoms with van der Waals surface area (Å²) in [4.78, 5) is 25.0.